The average molecular weight is 614 g/mol. The Hall–Kier alpha value is -2.77. The molecule has 2 aromatic carbocycles. The number of benzene rings is 2. The Labute approximate surface area is 245 Å². The first-order valence-electron chi connectivity index (χ1n) is 13.9. The van der Waals surface area contributed by atoms with Crippen LogP contribution < -0.4 is 5.32 Å². The SMILES string of the molecule is CC[C@@H](C)N(CC(=O)N(Cc1cccn1Cc1ccccc1Cl)C1CCCCC1)C(=O)Nc1ccccc1Br. The van der Waals surface area contributed by atoms with Crippen molar-refractivity contribution in [3.05, 3.63) is 87.6 Å². The van der Waals surface area contributed by atoms with Gasteiger partial charge in [-0.05, 0) is 78.0 Å². The molecule has 39 heavy (non-hydrogen) atoms. The van der Waals surface area contributed by atoms with Crippen molar-refractivity contribution in [2.24, 2.45) is 0 Å². The fourth-order valence-corrected chi connectivity index (χ4v) is 5.76. The lowest BCUT2D eigenvalue weighted by molar-refractivity contribution is -0.136. The first kappa shape index (κ1) is 29.2. The monoisotopic (exact) mass is 612 g/mol. The number of para-hydroxylation sites is 1. The van der Waals surface area contributed by atoms with Gasteiger partial charge in [-0.3, -0.25) is 4.79 Å². The highest BCUT2D eigenvalue weighted by molar-refractivity contribution is 9.10. The minimum atomic E-state index is -0.268. The molecule has 0 spiro atoms. The highest BCUT2D eigenvalue weighted by Gasteiger charge is 2.30. The molecule has 3 aromatic rings. The molecule has 0 radical (unpaired) electrons. The lowest BCUT2D eigenvalue weighted by Gasteiger charge is -2.37. The molecule has 1 fully saturated rings. The number of aromatic nitrogens is 1. The number of carbonyl (C=O) groups excluding carboxylic acids is 2. The van der Waals surface area contributed by atoms with Gasteiger partial charge in [-0.15, -0.1) is 0 Å². The molecule has 0 aliphatic heterocycles. The van der Waals surface area contributed by atoms with E-state index in [0.717, 1.165) is 52.9 Å². The largest absolute Gasteiger partial charge is 0.345 e. The summed E-state index contributed by atoms with van der Waals surface area (Å²) in [5.74, 6) is -0.0185. The molecular formula is C31H38BrClN4O2. The molecule has 1 aromatic heterocycles. The fraction of sp³-hybridized carbons (Fsp3) is 0.419. The summed E-state index contributed by atoms with van der Waals surface area (Å²) in [6.07, 6.45) is 8.21. The number of nitrogens with zero attached hydrogens (tertiary/aromatic N) is 3. The maximum atomic E-state index is 14.0. The van der Waals surface area contributed by atoms with Gasteiger partial charge in [-0.1, -0.05) is 68.1 Å². The third-order valence-electron chi connectivity index (χ3n) is 7.70. The molecule has 0 unspecified atom stereocenters. The minimum Gasteiger partial charge on any atom is -0.345 e. The van der Waals surface area contributed by atoms with Gasteiger partial charge >= 0.3 is 6.03 Å². The summed E-state index contributed by atoms with van der Waals surface area (Å²) in [7, 11) is 0. The van der Waals surface area contributed by atoms with E-state index >= 15 is 0 Å². The highest BCUT2D eigenvalue weighted by atomic mass is 79.9. The van der Waals surface area contributed by atoms with E-state index in [1.165, 1.54) is 6.42 Å². The maximum absolute atomic E-state index is 14.0. The van der Waals surface area contributed by atoms with Gasteiger partial charge in [0, 0.05) is 40.0 Å². The predicted molar refractivity (Wildman–Crippen MR) is 162 cm³/mol. The van der Waals surface area contributed by atoms with Crippen LogP contribution in [0.25, 0.3) is 0 Å². The highest BCUT2D eigenvalue weighted by Crippen LogP contribution is 2.26. The second-order valence-electron chi connectivity index (χ2n) is 10.3. The van der Waals surface area contributed by atoms with Crippen LogP contribution in [0.4, 0.5) is 10.5 Å². The smallest absolute Gasteiger partial charge is 0.322 e. The Morgan fingerprint density at radius 3 is 2.49 bits per heavy atom. The van der Waals surface area contributed by atoms with Crippen molar-refractivity contribution < 1.29 is 9.59 Å². The van der Waals surface area contributed by atoms with Gasteiger partial charge in [-0.2, -0.15) is 0 Å². The number of halogens is 2. The third kappa shape index (κ3) is 7.67. The first-order valence-corrected chi connectivity index (χ1v) is 15.0. The van der Waals surface area contributed by atoms with Crippen LogP contribution in [0, 0.1) is 0 Å². The molecule has 3 amide bonds. The van der Waals surface area contributed by atoms with E-state index in [-0.39, 0.29) is 30.6 Å². The lowest BCUT2D eigenvalue weighted by atomic mass is 9.94. The van der Waals surface area contributed by atoms with Crippen LogP contribution in [0.5, 0.6) is 0 Å². The molecule has 6 nitrogen and oxygen atoms in total. The van der Waals surface area contributed by atoms with Crippen LogP contribution >= 0.6 is 27.5 Å². The Bertz CT molecular complexity index is 1260. The Balaban J connectivity index is 1.55. The number of nitrogens with one attached hydrogen (secondary N) is 1. The molecular weight excluding hydrogens is 576 g/mol. The summed E-state index contributed by atoms with van der Waals surface area (Å²) in [6.45, 7) is 5.21. The normalized spacial score (nSPS) is 14.6. The second kappa shape index (κ2) is 14.0. The van der Waals surface area contributed by atoms with Crippen LogP contribution in [-0.2, 0) is 17.9 Å². The van der Waals surface area contributed by atoms with Crippen molar-refractivity contribution in [1.29, 1.82) is 0 Å². The second-order valence-corrected chi connectivity index (χ2v) is 11.6. The number of anilines is 1. The Morgan fingerprint density at radius 1 is 1.05 bits per heavy atom. The summed E-state index contributed by atoms with van der Waals surface area (Å²) in [5.41, 5.74) is 2.78. The summed E-state index contributed by atoms with van der Waals surface area (Å²) in [5, 5.41) is 3.72. The zero-order chi connectivity index (χ0) is 27.8. The number of rotatable bonds is 10. The van der Waals surface area contributed by atoms with Gasteiger partial charge in [0.15, 0.2) is 0 Å². The van der Waals surface area contributed by atoms with E-state index in [1.54, 1.807) is 4.90 Å². The summed E-state index contributed by atoms with van der Waals surface area (Å²) in [6, 6.07) is 19.3. The maximum Gasteiger partial charge on any atom is 0.322 e. The molecule has 1 saturated carbocycles. The lowest BCUT2D eigenvalue weighted by Crippen LogP contribution is -2.50. The number of hydrogen-bond acceptors (Lipinski definition) is 2. The van der Waals surface area contributed by atoms with Crippen LogP contribution in [-0.4, -0.2) is 44.9 Å². The van der Waals surface area contributed by atoms with E-state index in [0.29, 0.717) is 18.8 Å². The Morgan fingerprint density at radius 2 is 1.77 bits per heavy atom. The van der Waals surface area contributed by atoms with Gasteiger partial charge < -0.3 is 19.7 Å². The van der Waals surface area contributed by atoms with Crippen LogP contribution in [0.1, 0.15) is 63.6 Å². The number of hydrogen-bond donors (Lipinski definition) is 1. The Kier molecular flexibility index (Phi) is 10.5. The molecule has 4 rings (SSSR count). The van der Waals surface area contributed by atoms with Gasteiger partial charge in [0.2, 0.25) is 5.91 Å². The van der Waals surface area contributed by atoms with E-state index in [2.05, 4.69) is 31.9 Å². The van der Waals surface area contributed by atoms with Crippen molar-refractivity contribution in [2.45, 2.75) is 77.5 Å². The molecule has 1 N–H and O–H groups in total. The standard InChI is InChI=1S/C31H38BrClN4O2/c1-3-23(2)36(31(39)34-29-18-10-8-16-27(29)32)22-30(38)37(25-13-5-4-6-14-25)21-26-15-11-19-35(26)20-24-12-7-9-17-28(24)33/h7-12,15-19,23,25H,3-6,13-14,20-22H2,1-2H3,(H,34,39)/t23-/m1/s1. The van der Waals surface area contributed by atoms with E-state index < -0.39 is 0 Å². The van der Waals surface area contributed by atoms with Gasteiger partial charge in [0.05, 0.1) is 12.2 Å². The first-order chi connectivity index (χ1) is 18.9. The quantitative estimate of drug-likeness (QED) is 0.252. The summed E-state index contributed by atoms with van der Waals surface area (Å²) in [4.78, 5) is 31.1. The van der Waals surface area contributed by atoms with E-state index in [9.17, 15) is 9.59 Å². The molecule has 0 saturated heterocycles. The molecule has 0 bridgehead atoms. The summed E-state index contributed by atoms with van der Waals surface area (Å²) < 4.78 is 2.97. The van der Waals surface area contributed by atoms with E-state index in [4.69, 9.17) is 11.6 Å². The molecule has 1 atom stereocenters. The van der Waals surface area contributed by atoms with Gasteiger partial charge in [0.25, 0.3) is 0 Å². The van der Waals surface area contributed by atoms with E-state index in [1.807, 2.05) is 79.5 Å². The fourth-order valence-electron chi connectivity index (χ4n) is 5.18. The average Bonchev–Trinajstić information content (AvgIpc) is 3.39. The van der Waals surface area contributed by atoms with Crippen LogP contribution in [0.3, 0.4) is 0 Å². The van der Waals surface area contributed by atoms with Crippen LogP contribution in [0.15, 0.2) is 71.3 Å². The molecule has 1 aliphatic rings. The molecule has 1 heterocycles. The number of urea groups is 1. The van der Waals surface area contributed by atoms with Crippen molar-refractivity contribution in [1.82, 2.24) is 14.4 Å². The van der Waals surface area contributed by atoms with Crippen molar-refractivity contribution in [2.75, 3.05) is 11.9 Å². The molecule has 208 valence electrons. The topological polar surface area (TPSA) is 57.6 Å². The third-order valence-corrected chi connectivity index (χ3v) is 8.76. The van der Waals surface area contributed by atoms with Crippen molar-refractivity contribution in [3.63, 3.8) is 0 Å². The predicted octanol–water partition coefficient (Wildman–Crippen LogP) is 7.95. The van der Waals surface area contributed by atoms with Crippen LogP contribution in [0.2, 0.25) is 5.02 Å². The minimum absolute atomic E-state index is 0.0185. The molecule has 1 aliphatic carbocycles. The van der Waals surface area contributed by atoms with Gasteiger partial charge in [0.1, 0.15) is 6.54 Å². The van der Waals surface area contributed by atoms with Crippen molar-refractivity contribution >= 4 is 45.2 Å². The summed E-state index contributed by atoms with van der Waals surface area (Å²) >= 11 is 9.95. The van der Waals surface area contributed by atoms with Gasteiger partial charge in [-0.25, -0.2) is 4.79 Å². The zero-order valence-corrected chi connectivity index (χ0v) is 25.1. The number of amides is 3. The zero-order valence-electron chi connectivity index (χ0n) is 22.8. The number of carbonyl (C=O) groups is 2. The van der Waals surface area contributed by atoms with Crippen molar-refractivity contribution in [3.8, 4) is 0 Å². The molecule has 8 heteroatoms.